The number of nitrogens with zero attached hydrogens (tertiary/aromatic N) is 1. The second-order valence-corrected chi connectivity index (χ2v) is 10.3. The van der Waals surface area contributed by atoms with Crippen LogP contribution in [0.2, 0.25) is 5.02 Å². The highest BCUT2D eigenvalue weighted by molar-refractivity contribution is 7.92. The molecule has 0 aliphatic carbocycles. The predicted molar refractivity (Wildman–Crippen MR) is 125 cm³/mol. The number of fused-ring (bicyclic) bond motifs is 2. The van der Waals surface area contributed by atoms with Crippen molar-refractivity contribution in [1.82, 2.24) is 4.90 Å². The first kappa shape index (κ1) is 24.3. The van der Waals surface area contributed by atoms with Crippen molar-refractivity contribution in [1.29, 1.82) is 0 Å². The highest BCUT2D eigenvalue weighted by Crippen LogP contribution is 2.33. The number of methoxy groups -OCH3 is 1. The Morgan fingerprint density at radius 3 is 2.65 bits per heavy atom. The van der Waals surface area contributed by atoms with Crippen molar-refractivity contribution < 1.29 is 32.2 Å². The Balaban J connectivity index is 1.55. The van der Waals surface area contributed by atoms with Crippen LogP contribution in [0.4, 0.5) is 5.69 Å². The zero-order valence-electron chi connectivity index (χ0n) is 18.7. The van der Waals surface area contributed by atoms with Crippen LogP contribution in [0, 0.1) is 0 Å². The number of hydrogen-bond donors (Lipinski definition) is 1. The summed E-state index contributed by atoms with van der Waals surface area (Å²) < 4.78 is 44.7. The highest BCUT2D eigenvalue weighted by Gasteiger charge is 2.39. The van der Waals surface area contributed by atoms with Gasteiger partial charge >= 0.3 is 5.97 Å². The molecule has 1 fully saturated rings. The minimum atomic E-state index is -3.87. The molecule has 2 aliphatic rings. The fourth-order valence-corrected chi connectivity index (χ4v) is 5.36. The van der Waals surface area contributed by atoms with Gasteiger partial charge in [0, 0.05) is 17.8 Å². The van der Waals surface area contributed by atoms with Gasteiger partial charge in [0.25, 0.3) is 15.9 Å². The lowest BCUT2D eigenvalue weighted by Gasteiger charge is -2.42. The van der Waals surface area contributed by atoms with E-state index in [1.165, 1.54) is 43.5 Å². The number of nitrogens with one attached hydrogen (secondary N) is 1. The van der Waals surface area contributed by atoms with Crippen LogP contribution in [-0.4, -0.2) is 64.2 Å². The molecule has 9 nitrogen and oxygen atoms in total. The maximum absolute atomic E-state index is 13.3. The first-order valence-electron chi connectivity index (χ1n) is 10.7. The number of ether oxygens (including phenoxy) is 3. The van der Waals surface area contributed by atoms with E-state index in [1.807, 2.05) is 0 Å². The smallest absolute Gasteiger partial charge is 0.308 e. The number of hydrogen-bond acceptors (Lipinski definition) is 7. The zero-order valence-corrected chi connectivity index (χ0v) is 20.3. The number of halogens is 1. The molecule has 0 bridgehead atoms. The minimum Gasteiger partial charge on any atom is -0.490 e. The lowest BCUT2D eigenvalue weighted by molar-refractivity contribution is -0.151. The van der Waals surface area contributed by atoms with Gasteiger partial charge in [-0.25, -0.2) is 8.42 Å². The number of sulfonamides is 1. The summed E-state index contributed by atoms with van der Waals surface area (Å²) in [7, 11) is -0.856. The number of carbonyl (C=O) groups is 2. The number of esters is 1. The summed E-state index contributed by atoms with van der Waals surface area (Å²) in [6, 6.07) is 10.1. The van der Waals surface area contributed by atoms with Gasteiger partial charge in [-0.15, -0.1) is 0 Å². The third kappa shape index (κ3) is 5.13. The van der Waals surface area contributed by atoms with Crippen LogP contribution >= 0.6 is 11.6 Å². The molecule has 0 unspecified atom stereocenters. The van der Waals surface area contributed by atoms with E-state index in [9.17, 15) is 18.0 Å². The van der Waals surface area contributed by atoms with Crippen molar-refractivity contribution in [3.63, 3.8) is 0 Å². The van der Waals surface area contributed by atoms with Gasteiger partial charge in [0.15, 0.2) is 0 Å². The van der Waals surface area contributed by atoms with Gasteiger partial charge in [0.05, 0.1) is 36.1 Å². The number of carbonyl (C=O) groups excluding carboxylic acids is 2. The lowest BCUT2D eigenvalue weighted by Crippen LogP contribution is -2.53. The average Bonchev–Trinajstić information content (AvgIpc) is 2.81. The van der Waals surface area contributed by atoms with Crippen molar-refractivity contribution in [3.8, 4) is 5.75 Å². The summed E-state index contributed by atoms with van der Waals surface area (Å²) in [6.45, 7) is 0.183. The Kier molecular flexibility index (Phi) is 7.01. The summed E-state index contributed by atoms with van der Waals surface area (Å²) >= 11 is 5.84. The number of rotatable bonds is 5. The molecule has 11 heteroatoms. The molecular weight excluding hydrogens is 484 g/mol. The van der Waals surface area contributed by atoms with Crippen LogP contribution in [0.25, 0.3) is 0 Å². The van der Waals surface area contributed by atoms with Gasteiger partial charge in [0.1, 0.15) is 18.5 Å². The Morgan fingerprint density at radius 1 is 1.21 bits per heavy atom. The van der Waals surface area contributed by atoms with Crippen molar-refractivity contribution >= 4 is 39.2 Å². The Labute approximate surface area is 203 Å². The van der Waals surface area contributed by atoms with E-state index in [2.05, 4.69) is 4.72 Å². The Bertz CT molecular complexity index is 1190. The zero-order chi connectivity index (χ0) is 24.5. The summed E-state index contributed by atoms with van der Waals surface area (Å²) in [6.07, 6.45) is 0.668. The maximum Gasteiger partial charge on any atom is 0.308 e. The molecule has 4 rings (SSSR count). The highest BCUT2D eigenvalue weighted by atomic mass is 35.5. The van der Waals surface area contributed by atoms with Gasteiger partial charge in [-0.3, -0.25) is 14.3 Å². The number of amides is 1. The van der Waals surface area contributed by atoms with E-state index in [0.29, 0.717) is 23.6 Å². The quantitative estimate of drug-likeness (QED) is 0.618. The summed E-state index contributed by atoms with van der Waals surface area (Å²) in [5, 5.41) is 0.424. The van der Waals surface area contributed by atoms with E-state index < -0.39 is 16.1 Å². The van der Waals surface area contributed by atoms with E-state index >= 15 is 0 Å². The van der Waals surface area contributed by atoms with Gasteiger partial charge in [-0.05, 0) is 55.3 Å². The van der Waals surface area contributed by atoms with Crippen LogP contribution < -0.4 is 9.46 Å². The third-order valence-electron chi connectivity index (χ3n) is 6.01. The standard InChI is InChI=1S/C23H25ClN2O7S/c1-26-19-9-6-16(12-22(27)31-2)33-21(19)13-32-20-10-5-15(11-18(20)23(26)28)25-34(29,30)17-7-3-14(24)4-8-17/h3-5,7-8,10-11,16,19,21,25H,6,9,12-13H2,1-2H3/t16-,19-,21-/m0/s1. The molecule has 1 saturated heterocycles. The molecule has 3 atom stereocenters. The second kappa shape index (κ2) is 9.81. The first-order chi connectivity index (χ1) is 16.2. The molecule has 2 aliphatic heterocycles. The fourth-order valence-electron chi connectivity index (χ4n) is 4.19. The molecule has 0 spiro atoms. The van der Waals surface area contributed by atoms with E-state index in [-0.39, 0.29) is 53.2 Å². The molecule has 2 aromatic carbocycles. The normalized spacial score (nSPS) is 22.5. The number of anilines is 1. The molecule has 0 saturated carbocycles. The van der Waals surface area contributed by atoms with Gasteiger partial charge in [0.2, 0.25) is 0 Å². The molecule has 182 valence electrons. The van der Waals surface area contributed by atoms with Crippen LogP contribution in [0.15, 0.2) is 47.4 Å². The fraction of sp³-hybridized carbons (Fsp3) is 0.391. The average molecular weight is 509 g/mol. The lowest BCUT2D eigenvalue weighted by atomic mass is 9.94. The summed E-state index contributed by atoms with van der Waals surface area (Å²) in [5.74, 6) is -0.339. The van der Waals surface area contributed by atoms with Gasteiger partial charge in [-0.1, -0.05) is 11.6 Å². The number of benzene rings is 2. The van der Waals surface area contributed by atoms with Crippen molar-refractivity contribution in [2.24, 2.45) is 0 Å². The second-order valence-electron chi connectivity index (χ2n) is 8.22. The monoisotopic (exact) mass is 508 g/mol. The van der Waals surface area contributed by atoms with Crippen LogP contribution in [0.1, 0.15) is 29.6 Å². The predicted octanol–water partition coefficient (Wildman–Crippen LogP) is 3.08. The van der Waals surface area contributed by atoms with Crippen molar-refractivity contribution in [3.05, 3.63) is 53.1 Å². The third-order valence-corrected chi connectivity index (χ3v) is 7.66. The molecule has 0 aromatic heterocycles. The molecule has 1 N–H and O–H groups in total. The minimum absolute atomic E-state index is 0.0482. The van der Waals surface area contributed by atoms with Crippen LogP contribution in [0.5, 0.6) is 5.75 Å². The molecule has 34 heavy (non-hydrogen) atoms. The van der Waals surface area contributed by atoms with E-state index in [1.54, 1.807) is 18.0 Å². The topological polar surface area (TPSA) is 111 Å². The largest absolute Gasteiger partial charge is 0.490 e. The van der Waals surface area contributed by atoms with Gasteiger partial charge in [-0.2, -0.15) is 0 Å². The first-order valence-corrected chi connectivity index (χ1v) is 12.6. The molecule has 2 heterocycles. The van der Waals surface area contributed by atoms with Crippen LogP contribution in [0.3, 0.4) is 0 Å². The van der Waals surface area contributed by atoms with Crippen LogP contribution in [-0.2, 0) is 24.3 Å². The Hall–Kier alpha value is -2.82. The molecule has 2 aromatic rings. The maximum atomic E-state index is 13.3. The summed E-state index contributed by atoms with van der Waals surface area (Å²) in [4.78, 5) is 26.6. The summed E-state index contributed by atoms with van der Waals surface area (Å²) in [5.41, 5.74) is 0.475. The van der Waals surface area contributed by atoms with E-state index in [0.717, 1.165) is 0 Å². The van der Waals surface area contributed by atoms with Crippen molar-refractivity contribution in [2.75, 3.05) is 25.5 Å². The SMILES string of the molecule is COC(=O)C[C@@H]1CC[C@H]2[C@H](COc3ccc(NS(=O)(=O)c4ccc(Cl)cc4)cc3C(=O)N2C)O1. The Morgan fingerprint density at radius 2 is 1.94 bits per heavy atom. The molecule has 0 radical (unpaired) electrons. The molecule has 1 amide bonds. The van der Waals surface area contributed by atoms with E-state index in [4.69, 9.17) is 25.8 Å². The number of likely N-dealkylation sites (N-methyl/N-ethyl adjacent to an activating group) is 1. The van der Waals surface area contributed by atoms with Crippen molar-refractivity contribution in [2.45, 2.75) is 42.4 Å². The molecular formula is C23H25ClN2O7S. The van der Waals surface area contributed by atoms with Gasteiger partial charge < -0.3 is 19.1 Å².